The van der Waals surface area contributed by atoms with Crippen LogP contribution in [0.15, 0.2) is 23.2 Å². The van der Waals surface area contributed by atoms with Gasteiger partial charge in [0.15, 0.2) is 11.5 Å². The number of hydrogen-bond donors (Lipinski definition) is 0. The summed E-state index contributed by atoms with van der Waals surface area (Å²) in [6, 6.07) is 5.75. The number of nitrogens with zero attached hydrogens (tertiary/aromatic N) is 1. The van der Waals surface area contributed by atoms with E-state index < -0.39 is 5.54 Å². The van der Waals surface area contributed by atoms with E-state index in [9.17, 15) is 4.79 Å². The zero-order valence-corrected chi connectivity index (χ0v) is 11.4. The Kier molecular flexibility index (Phi) is 3.47. The van der Waals surface area contributed by atoms with Gasteiger partial charge in [-0.05, 0) is 37.0 Å². The van der Waals surface area contributed by atoms with Gasteiger partial charge in [-0.2, -0.15) is 4.99 Å². The average Bonchev–Trinajstić information content (AvgIpc) is 2.38. The second kappa shape index (κ2) is 5.27. The summed E-state index contributed by atoms with van der Waals surface area (Å²) in [6.45, 7) is 1.23. The van der Waals surface area contributed by atoms with Crippen molar-refractivity contribution in [2.75, 3.05) is 20.3 Å². The lowest BCUT2D eigenvalue weighted by molar-refractivity contribution is -0.0803. The lowest BCUT2D eigenvalue weighted by Gasteiger charge is -2.37. The molecule has 1 heterocycles. The van der Waals surface area contributed by atoms with Crippen LogP contribution in [0.1, 0.15) is 24.8 Å². The minimum atomic E-state index is -0.410. The van der Waals surface area contributed by atoms with E-state index in [-0.39, 0.29) is 6.10 Å². The molecule has 5 heteroatoms. The third-order valence-electron chi connectivity index (χ3n) is 4.04. The van der Waals surface area contributed by atoms with Gasteiger partial charge in [-0.3, -0.25) is 0 Å². The lowest BCUT2D eigenvalue weighted by atomic mass is 9.72. The summed E-state index contributed by atoms with van der Waals surface area (Å²) < 4.78 is 16.3. The van der Waals surface area contributed by atoms with Crippen LogP contribution in [-0.4, -0.2) is 32.5 Å². The summed E-state index contributed by atoms with van der Waals surface area (Å²) >= 11 is 0. The zero-order valence-electron chi connectivity index (χ0n) is 11.4. The molecular weight excluding hydrogens is 258 g/mol. The Labute approximate surface area is 117 Å². The molecule has 5 nitrogen and oxygen atoms in total. The van der Waals surface area contributed by atoms with E-state index in [0.717, 1.165) is 24.8 Å². The van der Waals surface area contributed by atoms with Crippen LogP contribution >= 0.6 is 0 Å². The SMILES string of the molecule is COc1cc(C2(N=C=O)CCC2)ccc1OC1COC1. The zero-order chi connectivity index (χ0) is 14.0. The molecule has 0 aromatic heterocycles. The molecule has 1 aliphatic heterocycles. The molecule has 1 saturated heterocycles. The third-order valence-corrected chi connectivity index (χ3v) is 4.04. The fourth-order valence-corrected chi connectivity index (χ4v) is 2.58. The standard InChI is InChI=1S/C15H17NO4/c1-18-14-7-11(15(16-10-17)5-2-6-15)3-4-13(14)20-12-8-19-9-12/h3-4,7,12H,2,5-6,8-9H2,1H3. The normalized spacial score (nSPS) is 20.2. The molecule has 2 aliphatic rings. The molecular formula is C15H17NO4. The smallest absolute Gasteiger partial charge is 0.235 e. The maximum atomic E-state index is 10.6. The van der Waals surface area contributed by atoms with Crippen LogP contribution < -0.4 is 9.47 Å². The molecule has 0 spiro atoms. The van der Waals surface area contributed by atoms with Crippen molar-refractivity contribution < 1.29 is 19.0 Å². The molecule has 3 rings (SSSR count). The van der Waals surface area contributed by atoms with Crippen LogP contribution in [0.2, 0.25) is 0 Å². The molecule has 1 aromatic carbocycles. The summed E-state index contributed by atoms with van der Waals surface area (Å²) in [5.74, 6) is 1.37. The molecule has 20 heavy (non-hydrogen) atoms. The minimum Gasteiger partial charge on any atom is -0.493 e. The van der Waals surface area contributed by atoms with Crippen LogP contribution in [0, 0.1) is 0 Å². The molecule has 2 fully saturated rings. The monoisotopic (exact) mass is 275 g/mol. The molecule has 106 valence electrons. The van der Waals surface area contributed by atoms with E-state index in [1.165, 1.54) is 0 Å². The Bertz CT molecular complexity index is 543. The number of aliphatic imine (C=N–C) groups is 1. The topological polar surface area (TPSA) is 57.1 Å². The van der Waals surface area contributed by atoms with Crippen LogP contribution in [-0.2, 0) is 15.1 Å². The maximum absolute atomic E-state index is 10.6. The highest BCUT2D eigenvalue weighted by Gasteiger charge is 2.39. The molecule has 0 atom stereocenters. The van der Waals surface area contributed by atoms with Gasteiger partial charge in [-0.25, -0.2) is 4.79 Å². The van der Waals surface area contributed by atoms with E-state index in [2.05, 4.69) is 4.99 Å². The summed E-state index contributed by atoms with van der Waals surface area (Å²) in [4.78, 5) is 14.6. The molecule has 0 radical (unpaired) electrons. The molecule has 1 saturated carbocycles. The van der Waals surface area contributed by atoms with E-state index in [1.807, 2.05) is 18.2 Å². The Hall–Kier alpha value is -1.84. The number of isocyanates is 1. The third kappa shape index (κ3) is 2.19. The Morgan fingerprint density at radius 1 is 1.35 bits per heavy atom. The molecule has 1 aliphatic carbocycles. The number of benzene rings is 1. The van der Waals surface area contributed by atoms with Crippen molar-refractivity contribution in [1.29, 1.82) is 0 Å². The maximum Gasteiger partial charge on any atom is 0.235 e. The molecule has 1 aromatic rings. The van der Waals surface area contributed by atoms with Crippen molar-refractivity contribution in [3.63, 3.8) is 0 Å². The van der Waals surface area contributed by atoms with Crippen LogP contribution in [0.4, 0.5) is 0 Å². The first kappa shape index (κ1) is 13.2. The van der Waals surface area contributed by atoms with Gasteiger partial charge in [0.2, 0.25) is 6.08 Å². The van der Waals surface area contributed by atoms with Gasteiger partial charge in [0, 0.05) is 0 Å². The van der Waals surface area contributed by atoms with Crippen molar-refractivity contribution in [1.82, 2.24) is 0 Å². The first-order valence-electron chi connectivity index (χ1n) is 6.79. The van der Waals surface area contributed by atoms with E-state index in [4.69, 9.17) is 14.2 Å². The van der Waals surface area contributed by atoms with Gasteiger partial charge in [-0.1, -0.05) is 6.07 Å². The van der Waals surface area contributed by atoms with Crippen molar-refractivity contribution in [3.8, 4) is 11.5 Å². The van der Waals surface area contributed by atoms with Gasteiger partial charge < -0.3 is 14.2 Å². The predicted octanol–water partition coefficient (Wildman–Crippen LogP) is 2.19. The Morgan fingerprint density at radius 3 is 2.65 bits per heavy atom. The average molecular weight is 275 g/mol. The fraction of sp³-hybridized carbons (Fsp3) is 0.533. The van der Waals surface area contributed by atoms with Crippen LogP contribution in [0.5, 0.6) is 11.5 Å². The van der Waals surface area contributed by atoms with E-state index in [1.54, 1.807) is 13.2 Å². The highest BCUT2D eigenvalue weighted by molar-refractivity contribution is 5.47. The number of ether oxygens (including phenoxy) is 3. The van der Waals surface area contributed by atoms with Crippen molar-refractivity contribution in [3.05, 3.63) is 23.8 Å². The first-order chi connectivity index (χ1) is 9.77. The fourth-order valence-electron chi connectivity index (χ4n) is 2.58. The number of methoxy groups -OCH3 is 1. The summed E-state index contributed by atoms with van der Waals surface area (Å²) in [5.41, 5.74) is 0.578. The van der Waals surface area contributed by atoms with Gasteiger partial charge in [-0.15, -0.1) is 0 Å². The molecule has 0 N–H and O–H groups in total. The molecule has 0 amide bonds. The highest BCUT2D eigenvalue weighted by Crippen LogP contribution is 2.46. The largest absolute Gasteiger partial charge is 0.493 e. The number of rotatable bonds is 5. The predicted molar refractivity (Wildman–Crippen MR) is 71.9 cm³/mol. The van der Waals surface area contributed by atoms with Gasteiger partial charge >= 0.3 is 0 Å². The van der Waals surface area contributed by atoms with Crippen LogP contribution in [0.3, 0.4) is 0 Å². The van der Waals surface area contributed by atoms with Gasteiger partial charge in [0.1, 0.15) is 6.10 Å². The van der Waals surface area contributed by atoms with E-state index >= 15 is 0 Å². The minimum absolute atomic E-state index is 0.0976. The lowest BCUT2D eigenvalue weighted by Crippen LogP contribution is -2.38. The second-order valence-electron chi connectivity index (χ2n) is 5.23. The van der Waals surface area contributed by atoms with Crippen molar-refractivity contribution in [2.24, 2.45) is 4.99 Å². The second-order valence-corrected chi connectivity index (χ2v) is 5.23. The molecule has 0 bridgehead atoms. The summed E-state index contributed by atoms with van der Waals surface area (Å²) in [6.07, 6.45) is 4.62. The van der Waals surface area contributed by atoms with Gasteiger partial charge in [0.25, 0.3) is 0 Å². The Morgan fingerprint density at radius 2 is 2.15 bits per heavy atom. The van der Waals surface area contributed by atoms with Crippen molar-refractivity contribution in [2.45, 2.75) is 30.9 Å². The van der Waals surface area contributed by atoms with Gasteiger partial charge in [0.05, 0.1) is 25.9 Å². The van der Waals surface area contributed by atoms with Crippen LogP contribution in [0.25, 0.3) is 0 Å². The summed E-state index contributed by atoms with van der Waals surface area (Å²) in [5, 5.41) is 0. The quantitative estimate of drug-likeness (QED) is 0.610. The highest BCUT2D eigenvalue weighted by atomic mass is 16.6. The Balaban J connectivity index is 1.87. The number of hydrogen-bond acceptors (Lipinski definition) is 5. The number of carbonyl (C=O) groups excluding carboxylic acids is 1. The van der Waals surface area contributed by atoms with E-state index in [0.29, 0.717) is 24.7 Å². The molecule has 0 unspecified atom stereocenters. The van der Waals surface area contributed by atoms with Crippen molar-refractivity contribution >= 4 is 6.08 Å². The first-order valence-corrected chi connectivity index (χ1v) is 6.79. The summed E-state index contributed by atoms with van der Waals surface area (Å²) in [7, 11) is 1.61.